The number of fused-ring (bicyclic) bond motifs is 1. The van der Waals surface area contributed by atoms with Gasteiger partial charge in [-0.2, -0.15) is 5.10 Å². The fourth-order valence-corrected chi connectivity index (χ4v) is 3.73. The maximum Gasteiger partial charge on any atom is 0.254 e. The number of carbonyl (C=O) groups excluding carboxylic acids is 2. The number of aromatic nitrogens is 3. The second-order valence-electron chi connectivity index (χ2n) is 8.02. The van der Waals surface area contributed by atoms with Gasteiger partial charge in [-0.25, -0.2) is 9.67 Å². The van der Waals surface area contributed by atoms with E-state index in [-0.39, 0.29) is 24.4 Å². The average Bonchev–Trinajstić information content (AvgIpc) is 3.18. The lowest BCUT2D eigenvalue weighted by atomic mass is 10.0. The SMILES string of the molecule is CCN(CC)C(=O)CN(C)C(=O)c1cc(-c2ccccc2C)nc2c1cnn2C(C)C. The number of amides is 2. The molecule has 31 heavy (non-hydrogen) atoms. The molecule has 2 heterocycles. The molecule has 3 aromatic rings. The van der Waals surface area contributed by atoms with E-state index >= 15 is 0 Å². The van der Waals surface area contributed by atoms with E-state index in [0.717, 1.165) is 16.8 Å². The molecule has 0 radical (unpaired) electrons. The highest BCUT2D eigenvalue weighted by Gasteiger charge is 2.23. The van der Waals surface area contributed by atoms with Crippen LogP contribution < -0.4 is 0 Å². The molecule has 0 unspecified atom stereocenters. The summed E-state index contributed by atoms with van der Waals surface area (Å²) < 4.78 is 1.83. The van der Waals surface area contributed by atoms with Gasteiger partial charge >= 0.3 is 0 Å². The first-order valence-corrected chi connectivity index (χ1v) is 10.8. The minimum Gasteiger partial charge on any atom is -0.342 e. The van der Waals surface area contributed by atoms with Crippen LogP contribution in [0.4, 0.5) is 0 Å². The van der Waals surface area contributed by atoms with E-state index in [2.05, 4.69) is 5.10 Å². The van der Waals surface area contributed by atoms with Crippen molar-refractivity contribution < 1.29 is 9.59 Å². The van der Waals surface area contributed by atoms with Crippen molar-refractivity contribution in [3.63, 3.8) is 0 Å². The molecule has 7 nitrogen and oxygen atoms in total. The van der Waals surface area contributed by atoms with E-state index in [1.807, 2.05) is 69.6 Å². The summed E-state index contributed by atoms with van der Waals surface area (Å²) in [6.07, 6.45) is 1.69. The largest absolute Gasteiger partial charge is 0.342 e. The highest BCUT2D eigenvalue weighted by atomic mass is 16.2. The molecule has 0 N–H and O–H groups in total. The maximum absolute atomic E-state index is 13.4. The van der Waals surface area contributed by atoms with Crippen molar-refractivity contribution in [3.8, 4) is 11.3 Å². The Kier molecular flexibility index (Phi) is 6.73. The van der Waals surface area contributed by atoms with Gasteiger partial charge in [0.1, 0.15) is 0 Å². The van der Waals surface area contributed by atoms with Crippen LogP contribution >= 0.6 is 0 Å². The van der Waals surface area contributed by atoms with Crippen molar-refractivity contribution in [3.05, 3.63) is 47.7 Å². The number of aryl methyl sites for hydroxylation is 1. The Morgan fingerprint density at radius 1 is 1.13 bits per heavy atom. The van der Waals surface area contributed by atoms with Gasteiger partial charge in [0.15, 0.2) is 5.65 Å². The average molecular weight is 422 g/mol. The number of rotatable bonds is 7. The molecular formula is C24H31N5O2. The number of likely N-dealkylation sites (N-methyl/N-ethyl adjacent to an activating group) is 2. The molecule has 0 aliphatic heterocycles. The molecule has 3 rings (SSSR count). The monoisotopic (exact) mass is 421 g/mol. The normalized spacial score (nSPS) is 11.2. The van der Waals surface area contributed by atoms with Crippen LogP contribution in [0.5, 0.6) is 0 Å². The Balaban J connectivity index is 2.09. The third-order valence-electron chi connectivity index (χ3n) is 5.54. The van der Waals surface area contributed by atoms with Crippen molar-refractivity contribution in [2.75, 3.05) is 26.7 Å². The number of carbonyl (C=O) groups is 2. The molecule has 0 fully saturated rings. The zero-order valence-electron chi connectivity index (χ0n) is 19.2. The number of hydrogen-bond acceptors (Lipinski definition) is 4. The molecule has 0 saturated heterocycles. The molecule has 164 valence electrons. The van der Waals surface area contributed by atoms with Crippen molar-refractivity contribution in [2.45, 2.75) is 40.7 Å². The lowest BCUT2D eigenvalue weighted by molar-refractivity contribution is -0.131. The van der Waals surface area contributed by atoms with Gasteiger partial charge in [-0.1, -0.05) is 24.3 Å². The Morgan fingerprint density at radius 3 is 2.42 bits per heavy atom. The first-order chi connectivity index (χ1) is 14.8. The molecule has 1 aromatic carbocycles. The van der Waals surface area contributed by atoms with Crippen LogP contribution in [0.25, 0.3) is 22.3 Å². The number of pyridine rings is 1. The molecule has 2 amide bonds. The molecular weight excluding hydrogens is 390 g/mol. The predicted octanol–water partition coefficient (Wildman–Crippen LogP) is 3.93. The van der Waals surface area contributed by atoms with E-state index in [4.69, 9.17) is 4.98 Å². The van der Waals surface area contributed by atoms with Gasteiger partial charge in [0.25, 0.3) is 5.91 Å². The van der Waals surface area contributed by atoms with E-state index in [1.165, 1.54) is 4.90 Å². The van der Waals surface area contributed by atoms with Gasteiger partial charge in [-0.3, -0.25) is 9.59 Å². The Hall–Kier alpha value is -3.22. The topological polar surface area (TPSA) is 71.3 Å². The van der Waals surface area contributed by atoms with Crippen LogP contribution in [0, 0.1) is 6.92 Å². The van der Waals surface area contributed by atoms with Crippen LogP contribution in [-0.2, 0) is 4.79 Å². The number of nitrogens with zero attached hydrogens (tertiary/aromatic N) is 5. The summed E-state index contributed by atoms with van der Waals surface area (Å²) in [5.41, 5.74) is 3.94. The highest BCUT2D eigenvalue weighted by Crippen LogP contribution is 2.28. The number of benzene rings is 1. The van der Waals surface area contributed by atoms with Crippen molar-refractivity contribution in [1.29, 1.82) is 0 Å². The summed E-state index contributed by atoms with van der Waals surface area (Å²) >= 11 is 0. The summed E-state index contributed by atoms with van der Waals surface area (Å²) in [7, 11) is 1.66. The van der Waals surface area contributed by atoms with Gasteiger partial charge in [-0.05, 0) is 46.2 Å². The fraction of sp³-hybridized carbons (Fsp3) is 0.417. The van der Waals surface area contributed by atoms with Crippen LogP contribution in [0.2, 0.25) is 0 Å². The van der Waals surface area contributed by atoms with E-state index in [1.54, 1.807) is 18.1 Å². The van der Waals surface area contributed by atoms with Gasteiger partial charge in [-0.15, -0.1) is 0 Å². The molecule has 0 atom stereocenters. The first-order valence-electron chi connectivity index (χ1n) is 10.8. The van der Waals surface area contributed by atoms with Crippen molar-refractivity contribution in [2.24, 2.45) is 0 Å². The van der Waals surface area contributed by atoms with Gasteiger partial charge in [0.05, 0.1) is 29.4 Å². The van der Waals surface area contributed by atoms with Gasteiger partial charge in [0, 0.05) is 31.7 Å². The molecule has 0 aliphatic rings. The lowest BCUT2D eigenvalue weighted by Gasteiger charge is -2.23. The molecule has 0 aliphatic carbocycles. The predicted molar refractivity (Wildman–Crippen MR) is 123 cm³/mol. The third-order valence-corrected chi connectivity index (χ3v) is 5.54. The van der Waals surface area contributed by atoms with Crippen molar-refractivity contribution in [1.82, 2.24) is 24.6 Å². The summed E-state index contributed by atoms with van der Waals surface area (Å²) in [4.78, 5) is 34.0. The quantitative estimate of drug-likeness (QED) is 0.580. The van der Waals surface area contributed by atoms with E-state index < -0.39 is 0 Å². The lowest BCUT2D eigenvalue weighted by Crippen LogP contribution is -2.41. The van der Waals surface area contributed by atoms with Crippen molar-refractivity contribution >= 4 is 22.8 Å². The Labute approximate surface area is 183 Å². The van der Waals surface area contributed by atoms with Gasteiger partial charge in [0.2, 0.25) is 5.91 Å². The number of hydrogen-bond donors (Lipinski definition) is 0. The van der Waals surface area contributed by atoms with Crippen LogP contribution in [0.1, 0.15) is 49.7 Å². The molecule has 0 bridgehead atoms. The molecule has 0 saturated carbocycles. The van der Waals surface area contributed by atoms with Crippen LogP contribution in [-0.4, -0.2) is 63.1 Å². The highest BCUT2D eigenvalue weighted by molar-refractivity contribution is 6.07. The van der Waals surface area contributed by atoms with E-state index in [0.29, 0.717) is 29.7 Å². The smallest absolute Gasteiger partial charge is 0.254 e. The minimum absolute atomic E-state index is 0.0301. The van der Waals surface area contributed by atoms with Gasteiger partial charge < -0.3 is 9.80 Å². The first kappa shape index (κ1) is 22.5. The Morgan fingerprint density at radius 2 is 1.81 bits per heavy atom. The standard InChI is InChI=1S/C24H31N5O2/c1-7-28(8-2)22(30)15-27(6)24(31)19-13-21(18-12-10-9-11-17(18)5)26-23-20(19)14-25-29(23)16(3)4/h9-14,16H,7-8,15H2,1-6H3. The second kappa shape index (κ2) is 9.29. The second-order valence-corrected chi connectivity index (χ2v) is 8.02. The maximum atomic E-state index is 13.4. The van der Waals surface area contributed by atoms with Crippen LogP contribution in [0.15, 0.2) is 36.5 Å². The van der Waals surface area contributed by atoms with E-state index in [9.17, 15) is 9.59 Å². The zero-order chi connectivity index (χ0) is 22.7. The Bertz CT molecular complexity index is 1100. The minimum atomic E-state index is -0.217. The summed E-state index contributed by atoms with van der Waals surface area (Å²) in [5, 5.41) is 5.17. The third kappa shape index (κ3) is 4.45. The van der Waals surface area contributed by atoms with Crippen LogP contribution in [0.3, 0.4) is 0 Å². The molecule has 7 heteroatoms. The zero-order valence-corrected chi connectivity index (χ0v) is 19.2. The summed E-state index contributed by atoms with van der Waals surface area (Å²) in [6.45, 7) is 11.2. The summed E-state index contributed by atoms with van der Waals surface area (Å²) in [6, 6.07) is 9.89. The molecule has 2 aromatic heterocycles. The molecule has 0 spiro atoms. The summed E-state index contributed by atoms with van der Waals surface area (Å²) in [5.74, 6) is -0.283. The fourth-order valence-electron chi connectivity index (χ4n) is 3.73.